The third-order valence-electron chi connectivity index (χ3n) is 4.08. The largest absolute Gasteiger partial charge is 0.494 e. The highest BCUT2D eigenvalue weighted by molar-refractivity contribution is 7.78. The normalized spacial score (nSPS) is 19.2. The molecule has 4 nitrogen and oxygen atoms in total. The SMILES string of the molecule is COc1ccc(-c2ccc(COC3CC(N=C=S)C3)nc2)cc1F. The number of thiocarbonyl (C=S) groups is 1. The number of hydrogen-bond acceptors (Lipinski definition) is 5. The number of rotatable bonds is 6. The lowest BCUT2D eigenvalue weighted by molar-refractivity contribution is -0.0195. The summed E-state index contributed by atoms with van der Waals surface area (Å²) in [6, 6.07) is 8.91. The van der Waals surface area contributed by atoms with Gasteiger partial charge in [0.05, 0.1) is 36.7 Å². The van der Waals surface area contributed by atoms with Crippen LogP contribution in [0.1, 0.15) is 18.5 Å². The molecule has 0 unspecified atom stereocenters. The highest BCUT2D eigenvalue weighted by atomic mass is 32.1. The Labute approximate surface area is 145 Å². The smallest absolute Gasteiger partial charge is 0.165 e. The predicted octanol–water partition coefficient (Wildman–Crippen LogP) is 4.05. The quantitative estimate of drug-likeness (QED) is 0.586. The summed E-state index contributed by atoms with van der Waals surface area (Å²) in [5, 5.41) is 2.40. The van der Waals surface area contributed by atoms with Gasteiger partial charge in [-0.3, -0.25) is 4.98 Å². The van der Waals surface area contributed by atoms with Gasteiger partial charge < -0.3 is 9.47 Å². The molecular formula is C18H17FN2O2S. The molecule has 1 aliphatic rings. The van der Waals surface area contributed by atoms with E-state index in [2.05, 4.69) is 27.4 Å². The van der Waals surface area contributed by atoms with Crippen molar-refractivity contribution in [2.75, 3.05) is 7.11 Å². The first-order valence-electron chi connectivity index (χ1n) is 7.67. The van der Waals surface area contributed by atoms with Crippen LogP contribution in [0.2, 0.25) is 0 Å². The molecular weight excluding hydrogens is 327 g/mol. The fourth-order valence-corrected chi connectivity index (χ4v) is 2.73. The van der Waals surface area contributed by atoms with Crippen LogP contribution >= 0.6 is 12.2 Å². The number of hydrogen-bond donors (Lipinski definition) is 0. The minimum atomic E-state index is -0.388. The zero-order valence-corrected chi connectivity index (χ0v) is 14.1. The molecule has 0 atom stereocenters. The van der Waals surface area contributed by atoms with Crippen molar-refractivity contribution in [1.82, 2.24) is 4.98 Å². The summed E-state index contributed by atoms with van der Waals surface area (Å²) in [5.41, 5.74) is 2.45. The first-order valence-corrected chi connectivity index (χ1v) is 8.08. The molecule has 1 aromatic carbocycles. The maximum Gasteiger partial charge on any atom is 0.165 e. The van der Waals surface area contributed by atoms with Crippen molar-refractivity contribution in [3.63, 3.8) is 0 Å². The fourth-order valence-electron chi connectivity index (χ4n) is 2.58. The summed E-state index contributed by atoms with van der Waals surface area (Å²) in [5.74, 6) is -0.158. The van der Waals surface area contributed by atoms with E-state index in [9.17, 15) is 4.39 Å². The van der Waals surface area contributed by atoms with E-state index in [0.717, 1.165) is 29.7 Å². The van der Waals surface area contributed by atoms with Crippen LogP contribution in [-0.2, 0) is 11.3 Å². The standard InChI is InChI=1S/C18H17FN2O2S/c1-22-18-5-3-12(6-17(18)19)13-2-4-14(20-9-13)10-23-16-7-15(8-16)21-11-24/h2-6,9,15-16H,7-8,10H2,1H3. The summed E-state index contributed by atoms with van der Waals surface area (Å²) in [6.07, 6.45) is 3.69. The second-order valence-corrected chi connectivity index (χ2v) is 5.85. The number of ether oxygens (including phenoxy) is 2. The van der Waals surface area contributed by atoms with Crippen LogP contribution < -0.4 is 4.74 Å². The average molecular weight is 344 g/mol. The van der Waals surface area contributed by atoms with Gasteiger partial charge in [-0.25, -0.2) is 9.38 Å². The topological polar surface area (TPSA) is 43.7 Å². The number of halogens is 1. The summed E-state index contributed by atoms with van der Waals surface area (Å²) in [7, 11) is 1.44. The monoisotopic (exact) mass is 344 g/mol. The van der Waals surface area contributed by atoms with Gasteiger partial charge in [0.25, 0.3) is 0 Å². The van der Waals surface area contributed by atoms with Crippen LogP contribution in [-0.4, -0.2) is 29.4 Å². The van der Waals surface area contributed by atoms with Crippen molar-refractivity contribution >= 4 is 17.4 Å². The highest BCUT2D eigenvalue weighted by Gasteiger charge is 2.29. The van der Waals surface area contributed by atoms with Crippen molar-refractivity contribution < 1.29 is 13.9 Å². The van der Waals surface area contributed by atoms with Gasteiger partial charge in [-0.05, 0) is 48.8 Å². The van der Waals surface area contributed by atoms with Gasteiger partial charge in [-0.15, -0.1) is 0 Å². The molecule has 124 valence electrons. The molecule has 2 aromatic rings. The van der Waals surface area contributed by atoms with Gasteiger partial charge in [-0.1, -0.05) is 12.1 Å². The molecule has 24 heavy (non-hydrogen) atoms. The minimum absolute atomic E-state index is 0.208. The number of pyridine rings is 1. The number of aliphatic imine (C=N–C) groups is 1. The molecule has 0 aliphatic heterocycles. The number of nitrogens with zero attached hydrogens (tertiary/aromatic N) is 2. The Bertz CT molecular complexity index is 754. The number of aromatic nitrogens is 1. The fraction of sp³-hybridized carbons (Fsp3) is 0.333. The average Bonchev–Trinajstić information content (AvgIpc) is 2.57. The Balaban J connectivity index is 1.57. The first-order chi connectivity index (χ1) is 11.7. The first kappa shape index (κ1) is 16.7. The summed E-state index contributed by atoms with van der Waals surface area (Å²) in [6.45, 7) is 0.454. The molecule has 0 amide bonds. The summed E-state index contributed by atoms with van der Waals surface area (Å²) in [4.78, 5) is 8.41. The maximum absolute atomic E-state index is 13.8. The molecule has 1 aliphatic carbocycles. The van der Waals surface area contributed by atoms with E-state index in [4.69, 9.17) is 9.47 Å². The molecule has 0 bridgehead atoms. The lowest BCUT2D eigenvalue weighted by atomic mass is 9.90. The van der Waals surface area contributed by atoms with Crippen LogP contribution in [0, 0.1) is 5.82 Å². The zero-order chi connectivity index (χ0) is 16.9. The van der Waals surface area contributed by atoms with E-state index in [1.165, 1.54) is 13.2 Å². The number of methoxy groups -OCH3 is 1. The lowest BCUT2D eigenvalue weighted by Gasteiger charge is -2.31. The van der Waals surface area contributed by atoms with Crippen molar-refractivity contribution in [3.05, 3.63) is 48.0 Å². The molecule has 6 heteroatoms. The van der Waals surface area contributed by atoms with E-state index >= 15 is 0 Å². The van der Waals surface area contributed by atoms with E-state index in [1.54, 1.807) is 18.3 Å². The highest BCUT2D eigenvalue weighted by Crippen LogP contribution is 2.27. The second kappa shape index (κ2) is 7.62. The maximum atomic E-state index is 13.8. The minimum Gasteiger partial charge on any atom is -0.494 e. The van der Waals surface area contributed by atoms with Crippen LogP contribution in [0.5, 0.6) is 5.75 Å². The van der Waals surface area contributed by atoms with Crippen LogP contribution in [0.15, 0.2) is 41.5 Å². The van der Waals surface area contributed by atoms with Crippen molar-refractivity contribution in [1.29, 1.82) is 0 Å². The Kier molecular flexibility index (Phi) is 5.30. The van der Waals surface area contributed by atoms with Gasteiger partial charge in [0, 0.05) is 11.8 Å². The molecule has 1 fully saturated rings. The molecule has 0 spiro atoms. The molecule has 1 aromatic heterocycles. The third kappa shape index (κ3) is 3.85. The van der Waals surface area contributed by atoms with Crippen molar-refractivity contribution in [3.8, 4) is 16.9 Å². The lowest BCUT2D eigenvalue weighted by Crippen LogP contribution is -2.34. The third-order valence-corrected chi connectivity index (χ3v) is 4.19. The van der Waals surface area contributed by atoms with E-state index < -0.39 is 0 Å². The van der Waals surface area contributed by atoms with Gasteiger partial charge in [0.15, 0.2) is 11.6 Å². The number of benzene rings is 1. The molecule has 0 radical (unpaired) electrons. The van der Waals surface area contributed by atoms with Gasteiger partial charge in [-0.2, -0.15) is 0 Å². The van der Waals surface area contributed by atoms with E-state index in [1.807, 2.05) is 12.1 Å². The van der Waals surface area contributed by atoms with Crippen molar-refractivity contribution in [2.24, 2.45) is 4.99 Å². The Morgan fingerprint density at radius 2 is 2.08 bits per heavy atom. The van der Waals surface area contributed by atoms with Crippen LogP contribution in [0.25, 0.3) is 11.1 Å². The molecule has 3 rings (SSSR count). The molecule has 1 heterocycles. The molecule has 0 N–H and O–H groups in total. The van der Waals surface area contributed by atoms with Gasteiger partial charge in [0.1, 0.15) is 0 Å². The van der Waals surface area contributed by atoms with Gasteiger partial charge >= 0.3 is 0 Å². The van der Waals surface area contributed by atoms with Gasteiger partial charge in [0.2, 0.25) is 0 Å². The Hall–Kier alpha value is -2.14. The van der Waals surface area contributed by atoms with E-state index in [0.29, 0.717) is 6.61 Å². The zero-order valence-electron chi connectivity index (χ0n) is 13.2. The number of isothiocyanates is 1. The predicted molar refractivity (Wildman–Crippen MR) is 92.8 cm³/mol. The molecule has 0 saturated heterocycles. The second-order valence-electron chi connectivity index (χ2n) is 5.67. The Morgan fingerprint density at radius 3 is 2.71 bits per heavy atom. The summed E-state index contributed by atoms with van der Waals surface area (Å²) < 4.78 is 24.5. The van der Waals surface area contributed by atoms with Crippen LogP contribution in [0.4, 0.5) is 4.39 Å². The summed E-state index contributed by atoms with van der Waals surface area (Å²) >= 11 is 4.58. The van der Waals surface area contributed by atoms with Crippen molar-refractivity contribution in [2.45, 2.75) is 31.6 Å². The van der Waals surface area contributed by atoms with E-state index in [-0.39, 0.29) is 23.7 Å². The molecule has 1 saturated carbocycles. The Morgan fingerprint density at radius 1 is 1.29 bits per heavy atom. The van der Waals surface area contributed by atoms with Crippen LogP contribution in [0.3, 0.4) is 0 Å².